The van der Waals surface area contributed by atoms with E-state index in [9.17, 15) is 4.79 Å². The van der Waals surface area contributed by atoms with Crippen molar-refractivity contribution in [2.24, 2.45) is 0 Å². The maximum Gasteiger partial charge on any atom is 0.405 e. The molecule has 4 nitrogen and oxygen atoms in total. The molecule has 1 aliphatic heterocycles. The van der Waals surface area contributed by atoms with Crippen molar-refractivity contribution in [1.29, 1.82) is 0 Å². The molecule has 0 spiro atoms. The van der Waals surface area contributed by atoms with E-state index in [0.29, 0.717) is 11.9 Å². The number of carboxylic acid groups (broad SMARTS) is 1. The summed E-state index contributed by atoms with van der Waals surface area (Å²) in [6.07, 6.45) is -0.977. The molecule has 1 rings (SSSR count). The first kappa shape index (κ1) is 7.81. The molecule has 1 amide bonds. The third-order valence-corrected chi connectivity index (χ3v) is 2.04. The van der Waals surface area contributed by atoms with Gasteiger partial charge in [-0.25, -0.2) is 4.79 Å². The van der Waals surface area contributed by atoms with Crippen molar-refractivity contribution in [3.63, 3.8) is 0 Å². The molecule has 0 saturated carbocycles. The lowest BCUT2D eigenvalue weighted by molar-refractivity contribution is -0.0685. The minimum absolute atomic E-state index is 0.0103. The molecule has 0 aliphatic carbocycles. The molecule has 0 aromatic rings. The Balaban J connectivity index is 2.23. The second-order valence-corrected chi connectivity index (χ2v) is 2.73. The highest BCUT2D eigenvalue weighted by Crippen LogP contribution is 2.14. The van der Waals surface area contributed by atoms with Crippen LogP contribution in [0.2, 0.25) is 0 Å². The third-order valence-electron chi connectivity index (χ3n) is 1.40. The summed E-state index contributed by atoms with van der Waals surface area (Å²) >= 11 is 3.20. The van der Waals surface area contributed by atoms with Gasteiger partial charge < -0.3 is 15.2 Å². The molecule has 1 aliphatic rings. The molecule has 1 saturated heterocycles. The predicted molar refractivity (Wildman–Crippen MR) is 38.5 cm³/mol. The average Bonchev–Trinajstić information content (AvgIpc) is 1.82. The standard InChI is InChI=1S/C5H8BrNO3/c6-1-4-3(2-10-4)7-5(8)9/h3-4,7H,1-2H2,(H,8,9)/t3-,4-/m1/s1. The number of hydrogen-bond acceptors (Lipinski definition) is 2. The van der Waals surface area contributed by atoms with Crippen LogP contribution in [-0.4, -0.2) is 35.3 Å². The van der Waals surface area contributed by atoms with E-state index < -0.39 is 6.09 Å². The van der Waals surface area contributed by atoms with Gasteiger partial charge in [-0.3, -0.25) is 0 Å². The summed E-state index contributed by atoms with van der Waals surface area (Å²) in [5, 5.41) is 11.3. The van der Waals surface area contributed by atoms with E-state index in [2.05, 4.69) is 21.2 Å². The molecule has 1 fully saturated rings. The van der Waals surface area contributed by atoms with Crippen LogP contribution in [0.25, 0.3) is 0 Å². The van der Waals surface area contributed by atoms with E-state index in [1.54, 1.807) is 0 Å². The highest BCUT2D eigenvalue weighted by Gasteiger charge is 2.32. The van der Waals surface area contributed by atoms with Crippen LogP contribution in [0.4, 0.5) is 4.79 Å². The number of nitrogens with one attached hydrogen (secondary N) is 1. The van der Waals surface area contributed by atoms with Gasteiger partial charge in [-0.05, 0) is 0 Å². The van der Waals surface area contributed by atoms with E-state index in [0.717, 1.165) is 0 Å². The van der Waals surface area contributed by atoms with Gasteiger partial charge >= 0.3 is 6.09 Å². The minimum atomic E-state index is -0.987. The van der Waals surface area contributed by atoms with Crippen LogP contribution in [0.15, 0.2) is 0 Å². The third kappa shape index (κ3) is 1.60. The molecular formula is C5H8BrNO3. The number of ether oxygens (including phenoxy) is 1. The molecule has 2 N–H and O–H groups in total. The lowest BCUT2D eigenvalue weighted by atomic mass is 10.1. The Morgan fingerprint density at radius 3 is 2.90 bits per heavy atom. The van der Waals surface area contributed by atoms with Crippen molar-refractivity contribution in [2.75, 3.05) is 11.9 Å². The van der Waals surface area contributed by atoms with Crippen LogP contribution in [0.1, 0.15) is 0 Å². The summed E-state index contributed by atoms with van der Waals surface area (Å²) in [5.74, 6) is 0. The summed E-state index contributed by atoms with van der Waals surface area (Å²) in [4.78, 5) is 10.1. The van der Waals surface area contributed by atoms with Gasteiger partial charge in [0.1, 0.15) is 0 Å². The number of rotatable bonds is 2. The molecule has 10 heavy (non-hydrogen) atoms. The van der Waals surface area contributed by atoms with E-state index in [-0.39, 0.29) is 12.1 Å². The minimum Gasteiger partial charge on any atom is -0.465 e. The van der Waals surface area contributed by atoms with E-state index in [1.807, 2.05) is 0 Å². The highest BCUT2D eigenvalue weighted by atomic mass is 79.9. The van der Waals surface area contributed by atoms with Crippen molar-refractivity contribution in [1.82, 2.24) is 5.32 Å². The van der Waals surface area contributed by atoms with Gasteiger partial charge in [0.05, 0.1) is 18.8 Å². The molecule has 0 bridgehead atoms. The Morgan fingerprint density at radius 2 is 2.60 bits per heavy atom. The lowest BCUT2D eigenvalue weighted by Gasteiger charge is -2.35. The first-order chi connectivity index (χ1) is 4.74. The molecule has 0 unspecified atom stereocenters. The van der Waals surface area contributed by atoms with Gasteiger partial charge in [-0.15, -0.1) is 0 Å². The summed E-state index contributed by atoms with van der Waals surface area (Å²) in [6, 6.07) is -0.0307. The molecule has 2 atom stereocenters. The van der Waals surface area contributed by atoms with Gasteiger partial charge in [-0.2, -0.15) is 0 Å². The summed E-state index contributed by atoms with van der Waals surface area (Å²) < 4.78 is 5.02. The molecule has 58 valence electrons. The van der Waals surface area contributed by atoms with Crippen LogP contribution < -0.4 is 5.32 Å². The Bertz CT molecular complexity index is 139. The lowest BCUT2D eigenvalue weighted by Crippen LogP contribution is -2.56. The van der Waals surface area contributed by atoms with Crippen LogP contribution >= 0.6 is 15.9 Å². The molecule has 5 heteroatoms. The number of hydrogen-bond donors (Lipinski definition) is 2. The SMILES string of the molecule is O=C(O)N[C@@H]1CO[C@@H]1CBr. The summed E-state index contributed by atoms with van der Waals surface area (Å²) in [7, 11) is 0. The molecule has 0 aromatic carbocycles. The van der Waals surface area contributed by atoms with Crippen molar-refractivity contribution in [2.45, 2.75) is 12.1 Å². The Morgan fingerprint density at radius 1 is 1.90 bits per heavy atom. The smallest absolute Gasteiger partial charge is 0.405 e. The quantitative estimate of drug-likeness (QED) is 0.649. The van der Waals surface area contributed by atoms with Crippen molar-refractivity contribution < 1.29 is 14.6 Å². The first-order valence-electron chi connectivity index (χ1n) is 2.91. The maximum atomic E-state index is 10.1. The summed E-state index contributed by atoms with van der Waals surface area (Å²) in [5.41, 5.74) is 0. The van der Waals surface area contributed by atoms with Gasteiger partial charge in [-0.1, -0.05) is 15.9 Å². The van der Waals surface area contributed by atoms with Crippen molar-refractivity contribution in [3.8, 4) is 0 Å². The Hall–Kier alpha value is -0.290. The molecule has 0 radical (unpaired) electrons. The van der Waals surface area contributed by atoms with E-state index in [1.165, 1.54) is 0 Å². The van der Waals surface area contributed by atoms with Gasteiger partial charge in [0, 0.05) is 5.33 Å². The van der Waals surface area contributed by atoms with Crippen molar-refractivity contribution in [3.05, 3.63) is 0 Å². The number of carbonyl (C=O) groups is 1. The van der Waals surface area contributed by atoms with Gasteiger partial charge in [0.2, 0.25) is 0 Å². The van der Waals surface area contributed by atoms with Crippen LogP contribution in [0.5, 0.6) is 0 Å². The monoisotopic (exact) mass is 209 g/mol. The highest BCUT2D eigenvalue weighted by molar-refractivity contribution is 9.09. The normalized spacial score (nSPS) is 30.9. The van der Waals surface area contributed by atoms with E-state index in [4.69, 9.17) is 9.84 Å². The number of amides is 1. The fourth-order valence-electron chi connectivity index (χ4n) is 0.774. The van der Waals surface area contributed by atoms with Crippen LogP contribution in [-0.2, 0) is 4.74 Å². The first-order valence-corrected chi connectivity index (χ1v) is 4.03. The van der Waals surface area contributed by atoms with Crippen LogP contribution in [0, 0.1) is 0 Å². The van der Waals surface area contributed by atoms with Gasteiger partial charge in [0.25, 0.3) is 0 Å². The zero-order valence-electron chi connectivity index (χ0n) is 5.21. The average molecular weight is 210 g/mol. The maximum absolute atomic E-state index is 10.1. The Labute approximate surface area is 66.7 Å². The van der Waals surface area contributed by atoms with Crippen molar-refractivity contribution >= 4 is 22.0 Å². The zero-order valence-corrected chi connectivity index (χ0v) is 6.80. The second kappa shape index (κ2) is 3.21. The topological polar surface area (TPSA) is 58.6 Å². The number of alkyl halides is 1. The second-order valence-electron chi connectivity index (χ2n) is 2.08. The fourth-order valence-corrected chi connectivity index (χ4v) is 1.41. The number of halogens is 1. The zero-order chi connectivity index (χ0) is 7.56. The molecular weight excluding hydrogens is 202 g/mol. The fraction of sp³-hybridized carbons (Fsp3) is 0.800. The molecule has 0 aromatic heterocycles. The van der Waals surface area contributed by atoms with Gasteiger partial charge in [0.15, 0.2) is 0 Å². The van der Waals surface area contributed by atoms with E-state index >= 15 is 0 Å². The predicted octanol–water partition coefficient (Wildman–Crippen LogP) is 0.416. The van der Waals surface area contributed by atoms with Crippen LogP contribution in [0.3, 0.4) is 0 Å². The largest absolute Gasteiger partial charge is 0.465 e. The molecule has 1 heterocycles. The Kier molecular flexibility index (Phi) is 2.50. The summed E-state index contributed by atoms with van der Waals surface area (Å²) in [6.45, 7) is 0.489.